The highest BCUT2D eigenvalue weighted by molar-refractivity contribution is 5.78. The summed E-state index contributed by atoms with van der Waals surface area (Å²) in [5, 5.41) is 7.33. The van der Waals surface area contributed by atoms with E-state index < -0.39 is 0 Å². The van der Waals surface area contributed by atoms with Gasteiger partial charge >= 0.3 is 0 Å². The highest BCUT2D eigenvalue weighted by atomic mass is 16.2. The molecule has 1 N–H and O–H groups in total. The van der Waals surface area contributed by atoms with E-state index in [1.54, 1.807) is 6.33 Å². The number of carbonyl (C=O) groups excluding carboxylic acids is 1. The van der Waals surface area contributed by atoms with Crippen LogP contribution in [0.3, 0.4) is 0 Å². The summed E-state index contributed by atoms with van der Waals surface area (Å²) in [6.45, 7) is 11.5. The third-order valence-electron chi connectivity index (χ3n) is 2.91. The molecule has 0 unspecified atom stereocenters. The maximum Gasteiger partial charge on any atom is 0.236 e. The predicted molar refractivity (Wildman–Crippen MR) is 74.5 cm³/mol. The van der Waals surface area contributed by atoms with Crippen LogP contribution in [0.2, 0.25) is 0 Å². The second-order valence-electron chi connectivity index (χ2n) is 4.92. The zero-order valence-corrected chi connectivity index (χ0v) is 12.4. The van der Waals surface area contributed by atoms with Gasteiger partial charge in [-0.15, -0.1) is 0 Å². The number of rotatable bonds is 8. The number of nitrogens with one attached hydrogen (secondary N) is 1. The summed E-state index contributed by atoms with van der Waals surface area (Å²) in [6, 6.07) is 0. The molecule has 0 fully saturated rings. The molecule has 1 heterocycles. The van der Waals surface area contributed by atoms with Crippen molar-refractivity contribution in [2.24, 2.45) is 5.92 Å². The standard InChI is InChI=1S/C13H25N5O/c1-5-17(6-2)13(19)8-14-7-12-15-10-16-18(12)9-11(3)4/h10-11,14H,5-9H2,1-4H3. The summed E-state index contributed by atoms with van der Waals surface area (Å²) in [5.74, 6) is 1.53. The summed E-state index contributed by atoms with van der Waals surface area (Å²) in [6.07, 6.45) is 1.56. The van der Waals surface area contributed by atoms with Gasteiger partial charge in [-0.1, -0.05) is 13.8 Å². The van der Waals surface area contributed by atoms with Crippen molar-refractivity contribution in [1.82, 2.24) is 25.0 Å². The molecule has 6 nitrogen and oxygen atoms in total. The van der Waals surface area contributed by atoms with Crippen LogP contribution in [0.4, 0.5) is 0 Å². The Hall–Kier alpha value is -1.43. The Kier molecular flexibility index (Phi) is 6.49. The molecule has 0 aliphatic heterocycles. The van der Waals surface area contributed by atoms with Gasteiger partial charge in [-0.25, -0.2) is 9.67 Å². The van der Waals surface area contributed by atoms with Crippen LogP contribution < -0.4 is 5.32 Å². The molecular formula is C13H25N5O. The van der Waals surface area contributed by atoms with Crippen LogP contribution in [-0.4, -0.2) is 45.2 Å². The van der Waals surface area contributed by atoms with Gasteiger partial charge in [0.15, 0.2) is 0 Å². The molecule has 0 aromatic carbocycles. The normalized spacial score (nSPS) is 11.0. The zero-order chi connectivity index (χ0) is 14.3. The SMILES string of the molecule is CCN(CC)C(=O)CNCc1ncnn1CC(C)C. The first-order chi connectivity index (χ1) is 9.08. The maximum absolute atomic E-state index is 11.8. The highest BCUT2D eigenvalue weighted by Gasteiger charge is 2.10. The highest BCUT2D eigenvalue weighted by Crippen LogP contribution is 2.00. The third-order valence-corrected chi connectivity index (χ3v) is 2.91. The molecule has 1 rings (SSSR count). The van der Waals surface area contributed by atoms with Crippen molar-refractivity contribution in [1.29, 1.82) is 0 Å². The third kappa shape index (κ3) is 4.98. The zero-order valence-electron chi connectivity index (χ0n) is 12.4. The molecular weight excluding hydrogens is 242 g/mol. The number of carbonyl (C=O) groups is 1. The minimum atomic E-state index is 0.125. The van der Waals surface area contributed by atoms with Crippen LogP contribution in [0, 0.1) is 5.92 Å². The lowest BCUT2D eigenvalue weighted by molar-refractivity contribution is -0.129. The molecule has 0 aliphatic carbocycles. The lowest BCUT2D eigenvalue weighted by Gasteiger charge is -2.18. The van der Waals surface area contributed by atoms with Crippen molar-refractivity contribution in [2.45, 2.75) is 40.8 Å². The summed E-state index contributed by atoms with van der Waals surface area (Å²) >= 11 is 0. The van der Waals surface area contributed by atoms with Gasteiger partial charge in [0, 0.05) is 19.6 Å². The van der Waals surface area contributed by atoms with E-state index in [4.69, 9.17) is 0 Å². The molecule has 19 heavy (non-hydrogen) atoms. The minimum absolute atomic E-state index is 0.125. The van der Waals surface area contributed by atoms with Crippen LogP contribution >= 0.6 is 0 Å². The predicted octanol–water partition coefficient (Wildman–Crippen LogP) is 0.892. The molecule has 0 aliphatic rings. The average molecular weight is 267 g/mol. The van der Waals surface area contributed by atoms with Gasteiger partial charge in [0.1, 0.15) is 12.2 Å². The number of hydrogen-bond acceptors (Lipinski definition) is 4. The van der Waals surface area contributed by atoms with Crippen LogP contribution in [0.5, 0.6) is 0 Å². The Morgan fingerprint density at radius 3 is 2.68 bits per heavy atom. The van der Waals surface area contributed by atoms with Crippen molar-refractivity contribution in [2.75, 3.05) is 19.6 Å². The fourth-order valence-electron chi connectivity index (χ4n) is 1.89. The Morgan fingerprint density at radius 2 is 2.11 bits per heavy atom. The van der Waals surface area contributed by atoms with Crippen LogP contribution in [0.25, 0.3) is 0 Å². The quantitative estimate of drug-likeness (QED) is 0.760. The molecule has 1 aromatic rings. The van der Waals surface area contributed by atoms with E-state index in [1.807, 2.05) is 23.4 Å². The molecule has 0 bridgehead atoms. The second kappa shape index (κ2) is 7.89. The van der Waals surface area contributed by atoms with Crippen molar-refractivity contribution < 1.29 is 4.79 Å². The minimum Gasteiger partial charge on any atom is -0.342 e. The lowest BCUT2D eigenvalue weighted by Crippen LogP contribution is -2.38. The van der Waals surface area contributed by atoms with E-state index in [-0.39, 0.29) is 5.91 Å². The first kappa shape index (κ1) is 15.6. The fraction of sp³-hybridized carbons (Fsp3) is 0.769. The molecule has 0 radical (unpaired) electrons. The number of amides is 1. The number of aromatic nitrogens is 3. The Bertz CT molecular complexity index is 384. The summed E-state index contributed by atoms with van der Waals surface area (Å²) in [5.41, 5.74) is 0. The van der Waals surface area contributed by atoms with Gasteiger partial charge in [-0.05, 0) is 19.8 Å². The lowest BCUT2D eigenvalue weighted by atomic mass is 10.2. The number of nitrogens with zero attached hydrogens (tertiary/aromatic N) is 4. The summed E-state index contributed by atoms with van der Waals surface area (Å²) in [7, 11) is 0. The average Bonchev–Trinajstić information content (AvgIpc) is 2.77. The molecule has 0 atom stereocenters. The van der Waals surface area contributed by atoms with Gasteiger partial charge in [0.2, 0.25) is 5.91 Å². The van der Waals surface area contributed by atoms with E-state index in [1.165, 1.54) is 0 Å². The molecule has 1 aromatic heterocycles. The smallest absolute Gasteiger partial charge is 0.236 e. The molecule has 1 amide bonds. The first-order valence-electron chi connectivity index (χ1n) is 6.93. The topological polar surface area (TPSA) is 63.1 Å². The second-order valence-corrected chi connectivity index (χ2v) is 4.92. The molecule has 108 valence electrons. The van der Waals surface area contributed by atoms with E-state index in [9.17, 15) is 4.79 Å². The van der Waals surface area contributed by atoms with E-state index in [2.05, 4.69) is 29.2 Å². The van der Waals surface area contributed by atoms with Crippen LogP contribution in [0.1, 0.15) is 33.5 Å². The van der Waals surface area contributed by atoms with Crippen LogP contribution in [-0.2, 0) is 17.9 Å². The van der Waals surface area contributed by atoms with Crippen molar-refractivity contribution in [3.63, 3.8) is 0 Å². The monoisotopic (exact) mass is 267 g/mol. The van der Waals surface area contributed by atoms with Crippen molar-refractivity contribution >= 4 is 5.91 Å². The summed E-state index contributed by atoms with van der Waals surface area (Å²) < 4.78 is 1.89. The van der Waals surface area contributed by atoms with E-state index >= 15 is 0 Å². The Labute approximate surface area is 115 Å². The van der Waals surface area contributed by atoms with Gasteiger partial charge in [0.05, 0.1) is 13.1 Å². The van der Waals surface area contributed by atoms with E-state index in [0.717, 1.165) is 25.5 Å². The van der Waals surface area contributed by atoms with Crippen molar-refractivity contribution in [3.05, 3.63) is 12.2 Å². The molecule has 0 spiro atoms. The van der Waals surface area contributed by atoms with Crippen molar-refractivity contribution in [3.8, 4) is 0 Å². The number of likely N-dealkylation sites (N-methyl/N-ethyl adjacent to an activating group) is 1. The maximum atomic E-state index is 11.8. The van der Waals surface area contributed by atoms with Gasteiger partial charge in [0.25, 0.3) is 0 Å². The van der Waals surface area contributed by atoms with Gasteiger partial charge in [-0.3, -0.25) is 4.79 Å². The Balaban J connectivity index is 2.41. The first-order valence-corrected chi connectivity index (χ1v) is 6.93. The fourth-order valence-corrected chi connectivity index (χ4v) is 1.89. The number of hydrogen-bond donors (Lipinski definition) is 1. The van der Waals surface area contributed by atoms with Gasteiger partial charge < -0.3 is 10.2 Å². The molecule has 0 saturated carbocycles. The van der Waals surface area contributed by atoms with E-state index in [0.29, 0.717) is 19.0 Å². The molecule has 6 heteroatoms. The molecule has 0 saturated heterocycles. The van der Waals surface area contributed by atoms with Gasteiger partial charge in [-0.2, -0.15) is 5.10 Å². The van der Waals surface area contributed by atoms with Crippen LogP contribution in [0.15, 0.2) is 6.33 Å². The largest absolute Gasteiger partial charge is 0.342 e. The summed E-state index contributed by atoms with van der Waals surface area (Å²) in [4.78, 5) is 17.8. The Morgan fingerprint density at radius 1 is 1.42 bits per heavy atom.